The third-order valence-electron chi connectivity index (χ3n) is 2.68. The topological polar surface area (TPSA) is 61.0 Å². The van der Waals surface area contributed by atoms with Crippen LogP contribution in [0.4, 0.5) is 27.6 Å². The number of rotatable bonds is 2. The van der Waals surface area contributed by atoms with Crippen LogP contribution >= 0.6 is 0 Å². The Kier molecular flexibility index (Phi) is 3.39. The van der Waals surface area contributed by atoms with Crippen LogP contribution in [0.1, 0.15) is 5.69 Å². The lowest BCUT2D eigenvalue weighted by Crippen LogP contribution is -2.11. The van der Waals surface area contributed by atoms with E-state index >= 15 is 0 Å². The van der Waals surface area contributed by atoms with Gasteiger partial charge in [-0.2, -0.15) is 22.7 Å². The summed E-state index contributed by atoms with van der Waals surface area (Å²) >= 11 is 0. The molecule has 2 aromatic rings. The van der Waals surface area contributed by atoms with Gasteiger partial charge in [0.05, 0.1) is 16.7 Å². The van der Waals surface area contributed by atoms with Crippen molar-refractivity contribution in [3.05, 3.63) is 45.6 Å². The minimum absolute atomic E-state index is 0.298. The third-order valence-corrected chi connectivity index (χ3v) is 2.68. The van der Waals surface area contributed by atoms with Gasteiger partial charge in [0.25, 0.3) is 0 Å². The number of nitrogens with zero attached hydrogens (tertiary/aromatic N) is 3. The maximum atomic E-state index is 13.7. The number of nitro benzene ring substituents is 1. The minimum Gasteiger partial charge on any atom is -0.263 e. The van der Waals surface area contributed by atoms with Crippen LogP contribution < -0.4 is 0 Å². The second-order valence-electron chi connectivity index (χ2n) is 4.08. The Morgan fingerprint density at radius 3 is 2.29 bits per heavy atom. The van der Waals surface area contributed by atoms with Gasteiger partial charge in [0, 0.05) is 12.6 Å². The molecule has 0 fully saturated rings. The smallest absolute Gasteiger partial charge is 0.263 e. The zero-order valence-corrected chi connectivity index (χ0v) is 10.3. The zero-order chi connectivity index (χ0) is 15.9. The average Bonchev–Trinajstić information content (AvgIpc) is 2.73. The Morgan fingerprint density at radius 1 is 1.19 bits per heavy atom. The molecule has 21 heavy (non-hydrogen) atoms. The van der Waals surface area contributed by atoms with Gasteiger partial charge in [0.2, 0.25) is 5.82 Å². The van der Waals surface area contributed by atoms with E-state index in [2.05, 4.69) is 5.10 Å². The van der Waals surface area contributed by atoms with E-state index in [1.807, 2.05) is 0 Å². The lowest BCUT2D eigenvalue weighted by Gasteiger charge is -2.04. The molecular formula is C11H6F5N3O2. The van der Waals surface area contributed by atoms with Crippen molar-refractivity contribution >= 4 is 5.69 Å². The summed E-state index contributed by atoms with van der Waals surface area (Å²) in [6.07, 6.45) is -4.71. The number of aromatic nitrogens is 2. The molecule has 0 atom stereocenters. The lowest BCUT2D eigenvalue weighted by molar-refractivity contribution is -0.387. The predicted molar refractivity (Wildman–Crippen MR) is 60.2 cm³/mol. The summed E-state index contributed by atoms with van der Waals surface area (Å²) < 4.78 is 65.4. The van der Waals surface area contributed by atoms with Crippen LogP contribution in [0.3, 0.4) is 0 Å². The molecule has 0 aliphatic heterocycles. The van der Waals surface area contributed by atoms with E-state index in [1.54, 1.807) is 0 Å². The largest absolute Gasteiger partial charge is 0.433 e. The van der Waals surface area contributed by atoms with Crippen LogP contribution in [0.15, 0.2) is 18.2 Å². The lowest BCUT2D eigenvalue weighted by atomic mass is 10.1. The second-order valence-corrected chi connectivity index (χ2v) is 4.08. The Labute approximate surface area is 113 Å². The average molecular weight is 307 g/mol. The molecule has 0 aliphatic rings. The summed E-state index contributed by atoms with van der Waals surface area (Å²) in [5.74, 6) is -2.61. The molecule has 0 aliphatic carbocycles. The highest BCUT2D eigenvalue weighted by atomic mass is 19.4. The van der Waals surface area contributed by atoms with E-state index in [0.29, 0.717) is 22.9 Å². The second kappa shape index (κ2) is 4.79. The van der Waals surface area contributed by atoms with E-state index in [1.165, 1.54) is 0 Å². The van der Waals surface area contributed by atoms with E-state index < -0.39 is 45.4 Å². The molecule has 112 valence electrons. The maximum Gasteiger partial charge on any atom is 0.433 e. The van der Waals surface area contributed by atoms with Crippen LogP contribution in [0.25, 0.3) is 11.3 Å². The first-order chi connectivity index (χ1) is 9.61. The Hall–Kier alpha value is -2.52. The van der Waals surface area contributed by atoms with Crippen molar-refractivity contribution in [3.8, 4) is 11.3 Å². The summed E-state index contributed by atoms with van der Waals surface area (Å²) in [5.41, 5.74) is -3.33. The highest BCUT2D eigenvalue weighted by molar-refractivity contribution is 5.62. The van der Waals surface area contributed by atoms with Crippen molar-refractivity contribution in [3.63, 3.8) is 0 Å². The molecule has 0 spiro atoms. The molecule has 0 amide bonds. The van der Waals surface area contributed by atoms with E-state index in [0.717, 1.165) is 7.05 Å². The quantitative estimate of drug-likeness (QED) is 0.486. The molecular weight excluding hydrogens is 301 g/mol. The fraction of sp³-hybridized carbons (Fsp3) is 0.182. The number of nitro groups is 1. The first-order valence-corrected chi connectivity index (χ1v) is 5.36. The van der Waals surface area contributed by atoms with Gasteiger partial charge in [0.1, 0.15) is 11.5 Å². The van der Waals surface area contributed by atoms with Gasteiger partial charge in [-0.3, -0.25) is 14.8 Å². The molecule has 5 nitrogen and oxygen atoms in total. The number of aryl methyl sites for hydroxylation is 1. The molecule has 0 bridgehead atoms. The Bertz CT molecular complexity index is 723. The van der Waals surface area contributed by atoms with E-state index in [4.69, 9.17) is 0 Å². The van der Waals surface area contributed by atoms with Crippen LogP contribution in [0, 0.1) is 21.7 Å². The van der Waals surface area contributed by atoms with Gasteiger partial charge >= 0.3 is 11.9 Å². The zero-order valence-electron chi connectivity index (χ0n) is 10.3. The first-order valence-electron chi connectivity index (χ1n) is 5.36. The van der Waals surface area contributed by atoms with Crippen LogP contribution in [0.5, 0.6) is 0 Å². The van der Waals surface area contributed by atoms with Crippen molar-refractivity contribution in [1.29, 1.82) is 0 Å². The van der Waals surface area contributed by atoms with Crippen molar-refractivity contribution in [2.45, 2.75) is 6.18 Å². The van der Waals surface area contributed by atoms with Crippen molar-refractivity contribution in [1.82, 2.24) is 9.78 Å². The standard InChI is InChI=1S/C11H6F5N3O2/c1-18-10(11(14,15)16)4-8(17-18)5-2-7(13)9(19(20)21)3-6(5)12/h2-4H,1H3. The molecule has 1 aromatic carbocycles. The van der Waals surface area contributed by atoms with Gasteiger partial charge in [-0.05, 0) is 12.1 Å². The van der Waals surface area contributed by atoms with Gasteiger partial charge in [0.15, 0.2) is 0 Å². The van der Waals surface area contributed by atoms with Crippen LogP contribution in [-0.2, 0) is 13.2 Å². The number of hydrogen-bond acceptors (Lipinski definition) is 3. The Morgan fingerprint density at radius 2 is 1.81 bits per heavy atom. The molecule has 0 N–H and O–H groups in total. The van der Waals surface area contributed by atoms with Crippen LogP contribution in [-0.4, -0.2) is 14.7 Å². The van der Waals surface area contributed by atoms with Crippen molar-refractivity contribution in [2.75, 3.05) is 0 Å². The summed E-state index contributed by atoms with van der Waals surface area (Å²) in [5, 5.41) is 13.9. The summed E-state index contributed by atoms with van der Waals surface area (Å²) in [6, 6.07) is 1.27. The number of halogens is 5. The number of benzene rings is 1. The molecule has 0 saturated heterocycles. The summed E-state index contributed by atoms with van der Waals surface area (Å²) in [7, 11) is 0.992. The highest BCUT2D eigenvalue weighted by Crippen LogP contribution is 2.34. The fourth-order valence-corrected chi connectivity index (χ4v) is 1.74. The van der Waals surface area contributed by atoms with E-state index in [9.17, 15) is 32.1 Å². The van der Waals surface area contributed by atoms with E-state index in [-0.39, 0.29) is 0 Å². The number of hydrogen-bond donors (Lipinski definition) is 0. The molecule has 1 aromatic heterocycles. The maximum absolute atomic E-state index is 13.7. The Balaban J connectivity index is 2.58. The molecule has 0 radical (unpaired) electrons. The number of alkyl halides is 3. The minimum atomic E-state index is -4.71. The van der Waals surface area contributed by atoms with Gasteiger partial charge < -0.3 is 0 Å². The van der Waals surface area contributed by atoms with Gasteiger partial charge in [-0.15, -0.1) is 0 Å². The summed E-state index contributed by atoms with van der Waals surface area (Å²) in [4.78, 5) is 9.30. The van der Waals surface area contributed by atoms with Crippen LogP contribution in [0.2, 0.25) is 0 Å². The normalized spacial score (nSPS) is 11.7. The third kappa shape index (κ3) is 2.69. The molecule has 2 rings (SSSR count). The monoisotopic (exact) mass is 307 g/mol. The molecule has 0 saturated carbocycles. The predicted octanol–water partition coefficient (Wildman–Crippen LogP) is 3.29. The fourth-order valence-electron chi connectivity index (χ4n) is 1.74. The molecule has 1 heterocycles. The molecule has 0 unspecified atom stereocenters. The van der Waals surface area contributed by atoms with Crippen molar-refractivity contribution in [2.24, 2.45) is 7.05 Å². The highest BCUT2D eigenvalue weighted by Gasteiger charge is 2.35. The van der Waals surface area contributed by atoms with Gasteiger partial charge in [-0.25, -0.2) is 4.39 Å². The SMILES string of the molecule is Cn1nc(-c2cc(F)c([N+](=O)[O-])cc2F)cc1C(F)(F)F. The molecule has 10 heteroatoms. The summed E-state index contributed by atoms with van der Waals surface area (Å²) in [6.45, 7) is 0. The first kappa shape index (κ1) is 14.9. The van der Waals surface area contributed by atoms with Gasteiger partial charge in [-0.1, -0.05) is 0 Å². The van der Waals surface area contributed by atoms with Crippen molar-refractivity contribution < 1.29 is 26.9 Å².